The van der Waals surface area contributed by atoms with Gasteiger partial charge in [0.05, 0.1) is 6.04 Å². The number of anilines is 1. The van der Waals surface area contributed by atoms with Gasteiger partial charge in [0.1, 0.15) is 5.82 Å². The van der Waals surface area contributed by atoms with E-state index in [0.29, 0.717) is 6.04 Å². The van der Waals surface area contributed by atoms with Crippen molar-refractivity contribution < 1.29 is 0 Å². The Bertz CT molecular complexity index is 656. The Labute approximate surface area is 117 Å². The summed E-state index contributed by atoms with van der Waals surface area (Å²) in [6, 6.07) is 15.0. The molecule has 2 nitrogen and oxygen atoms in total. The summed E-state index contributed by atoms with van der Waals surface area (Å²) in [5.41, 5.74) is 0. The molecular weight excluding hydrogens is 252 g/mol. The molecule has 0 aliphatic rings. The number of hydrogen-bond donors (Lipinski definition) is 1. The first kappa shape index (κ1) is 12.2. The van der Waals surface area contributed by atoms with Gasteiger partial charge in [0.25, 0.3) is 0 Å². The number of fused-ring (bicyclic) bond motifs is 1. The molecule has 3 heteroatoms. The normalized spacial score (nSPS) is 12.5. The van der Waals surface area contributed by atoms with Gasteiger partial charge in [-0.05, 0) is 29.3 Å². The highest BCUT2D eigenvalue weighted by molar-refractivity contribution is 7.10. The zero-order chi connectivity index (χ0) is 13.1. The van der Waals surface area contributed by atoms with E-state index in [0.717, 1.165) is 12.2 Å². The van der Waals surface area contributed by atoms with E-state index >= 15 is 0 Å². The van der Waals surface area contributed by atoms with Crippen LogP contribution in [0.25, 0.3) is 10.8 Å². The topological polar surface area (TPSA) is 24.9 Å². The minimum atomic E-state index is 0.332. The monoisotopic (exact) mass is 268 g/mol. The maximum atomic E-state index is 4.50. The molecule has 1 unspecified atom stereocenters. The van der Waals surface area contributed by atoms with E-state index in [9.17, 15) is 0 Å². The van der Waals surface area contributed by atoms with E-state index in [1.165, 1.54) is 15.6 Å². The number of pyridine rings is 1. The highest BCUT2D eigenvalue weighted by Gasteiger charge is 2.12. The van der Waals surface area contributed by atoms with E-state index < -0.39 is 0 Å². The van der Waals surface area contributed by atoms with Crippen molar-refractivity contribution in [3.05, 3.63) is 58.9 Å². The molecule has 0 fully saturated rings. The molecule has 1 aromatic carbocycles. The average molecular weight is 268 g/mol. The predicted octanol–water partition coefficient (Wildman–Crippen LogP) is 4.86. The molecule has 2 aromatic heterocycles. The third kappa shape index (κ3) is 2.47. The lowest BCUT2D eigenvalue weighted by atomic mass is 10.1. The Balaban J connectivity index is 1.96. The highest BCUT2D eigenvalue weighted by atomic mass is 32.1. The molecule has 2 heterocycles. The first-order valence-corrected chi connectivity index (χ1v) is 7.40. The lowest BCUT2D eigenvalue weighted by Gasteiger charge is -2.17. The molecule has 19 heavy (non-hydrogen) atoms. The molecule has 0 spiro atoms. The maximum absolute atomic E-state index is 4.50. The van der Waals surface area contributed by atoms with Crippen LogP contribution in [0.15, 0.2) is 54.0 Å². The zero-order valence-corrected chi connectivity index (χ0v) is 11.7. The Hall–Kier alpha value is -1.87. The number of rotatable bonds is 4. The van der Waals surface area contributed by atoms with Gasteiger partial charge < -0.3 is 5.32 Å². The van der Waals surface area contributed by atoms with Crippen LogP contribution in [-0.2, 0) is 0 Å². The number of nitrogens with one attached hydrogen (secondary N) is 1. The molecule has 0 saturated carbocycles. The summed E-state index contributed by atoms with van der Waals surface area (Å²) < 4.78 is 0. The van der Waals surface area contributed by atoms with E-state index in [-0.39, 0.29) is 0 Å². The first-order chi connectivity index (χ1) is 9.38. The minimum Gasteiger partial charge on any atom is -0.362 e. The lowest BCUT2D eigenvalue weighted by molar-refractivity contribution is 0.760. The fourth-order valence-electron chi connectivity index (χ4n) is 2.26. The van der Waals surface area contributed by atoms with Crippen LogP contribution in [0.5, 0.6) is 0 Å². The van der Waals surface area contributed by atoms with Crippen molar-refractivity contribution in [2.75, 3.05) is 5.32 Å². The molecule has 3 rings (SSSR count). The van der Waals surface area contributed by atoms with Crippen LogP contribution in [0.1, 0.15) is 24.3 Å². The smallest absolute Gasteiger partial charge is 0.134 e. The van der Waals surface area contributed by atoms with Gasteiger partial charge in [0.15, 0.2) is 0 Å². The van der Waals surface area contributed by atoms with E-state index in [1.54, 1.807) is 11.3 Å². The second-order valence-corrected chi connectivity index (χ2v) is 5.48. The number of hydrogen-bond acceptors (Lipinski definition) is 3. The molecular formula is C16H16N2S. The predicted molar refractivity (Wildman–Crippen MR) is 82.7 cm³/mol. The highest BCUT2D eigenvalue weighted by Crippen LogP contribution is 2.28. The summed E-state index contributed by atoms with van der Waals surface area (Å²) in [4.78, 5) is 5.86. The van der Waals surface area contributed by atoms with Crippen molar-refractivity contribution in [3.8, 4) is 0 Å². The van der Waals surface area contributed by atoms with Crippen molar-refractivity contribution in [1.82, 2.24) is 4.98 Å². The largest absolute Gasteiger partial charge is 0.362 e. The van der Waals surface area contributed by atoms with Gasteiger partial charge in [0, 0.05) is 16.5 Å². The molecule has 96 valence electrons. The van der Waals surface area contributed by atoms with E-state index in [2.05, 4.69) is 59.0 Å². The van der Waals surface area contributed by atoms with Crippen molar-refractivity contribution in [1.29, 1.82) is 0 Å². The zero-order valence-electron chi connectivity index (χ0n) is 10.8. The van der Waals surface area contributed by atoms with Crippen LogP contribution < -0.4 is 5.32 Å². The summed E-state index contributed by atoms with van der Waals surface area (Å²) in [5.74, 6) is 0.971. The Kier molecular flexibility index (Phi) is 3.47. The average Bonchev–Trinajstić information content (AvgIpc) is 2.99. The molecule has 1 atom stereocenters. The molecule has 3 aromatic rings. The van der Waals surface area contributed by atoms with Gasteiger partial charge in [-0.2, -0.15) is 0 Å². The third-order valence-corrected chi connectivity index (χ3v) is 4.27. The van der Waals surface area contributed by atoms with Gasteiger partial charge in [-0.1, -0.05) is 37.3 Å². The third-order valence-electron chi connectivity index (χ3n) is 3.28. The van der Waals surface area contributed by atoms with Gasteiger partial charge >= 0.3 is 0 Å². The second-order valence-electron chi connectivity index (χ2n) is 4.50. The molecule has 0 saturated heterocycles. The standard InChI is InChI=1S/C16H16N2S/c1-2-14(15-8-5-11-19-15)18-16-13-7-4-3-6-12(13)9-10-17-16/h3-11,14H,2H2,1H3,(H,17,18). The van der Waals surface area contributed by atoms with Crippen LogP contribution in [-0.4, -0.2) is 4.98 Å². The summed E-state index contributed by atoms with van der Waals surface area (Å²) >= 11 is 1.79. The molecule has 1 N–H and O–H groups in total. The fourth-order valence-corrected chi connectivity index (χ4v) is 3.12. The van der Waals surface area contributed by atoms with E-state index in [4.69, 9.17) is 0 Å². The van der Waals surface area contributed by atoms with Crippen molar-refractivity contribution in [3.63, 3.8) is 0 Å². The molecule has 0 aliphatic carbocycles. The quantitative estimate of drug-likeness (QED) is 0.731. The van der Waals surface area contributed by atoms with Crippen molar-refractivity contribution in [2.24, 2.45) is 0 Å². The summed E-state index contributed by atoms with van der Waals surface area (Å²) in [6.45, 7) is 2.20. The number of aromatic nitrogens is 1. The van der Waals surface area contributed by atoms with Crippen LogP contribution in [0, 0.1) is 0 Å². The Morgan fingerprint density at radius 3 is 2.84 bits per heavy atom. The molecule has 0 bridgehead atoms. The molecule has 0 amide bonds. The van der Waals surface area contributed by atoms with Gasteiger partial charge in [-0.15, -0.1) is 11.3 Å². The lowest BCUT2D eigenvalue weighted by Crippen LogP contribution is -2.09. The maximum Gasteiger partial charge on any atom is 0.134 e. The Morgan fingerprint density at radius 1 is 1.16 bits per heavy atom. The summed E-state index contributed by atoms with van der Waals surface area (Å²) in [5, 5.41) is 8.10. The number of benzene rings is 1. The first-order valence-electron chi connectivity index (χ1n) is 6.52. The van der Waals surface area contributed by atoms with Crippen LogP contribution in [0.2, 0.25) is 0 Å². The summed E-state index contributed by atoms with van der Waals surface area (Å²) in [6.07, 6.45) is 2.91. The van der Waals surface area contributed by atoms with Crippen molar-refractivity contribution >= 4 is 27.9 Å². The van der Waals surface area contributed by atoms with Crippen LogP contribution in [0.3, 0.4) is 0 Å². The van der Waals surface area contributed by atoms with Crippen LogP contribution >= 0.6 is 11.3 Å². The van der Waals surface area contributed by atoms with Gasteiger partial charge in [-0.25, -0.2) is 4.98 Å². The van der Waals surface area contributed by atoms with Crippen LogP contribution in [0.4, 0.5) is 5.82 Å². The number of nitrogens with zero attached hydrogens (tertiary/aromatic N) is 1. The second kappa shape index (κ2) is 5.41. The van der Waals surface area contributed by atoms with Gasteiger partial charge in [-0.3, -0.25) is 0 Å². The summed E-state index contributed by atoms with van der Waals surface area (Å²) in [7, 11) is 0. The number of thiophene rings is 1. The SMILES string of the molecule is CCC(Nc1nccc2ccccc12)c1cccs1. The minimum absolute atomic E-state index is 0.332. The van der Waals surface area contributed by atoms with Crippen molar-refractivity contribution in [2.45, 2.75) is 19.4 Å². The molecule has 0 aliphatic heterocycles. The molecule has 0 radical (unpaired) electrons. The van der Waals surface area contributed by atoms with E-state index in [1.807, 2.05) is 12.3 Å². The van der Waals surface area contributed by atoms with Gasteiger partial charge in [0.2, 0.25) is 0 Å². The Morgan fingerprint density at radius 2 is 2.05 bits per heavy atom. The fraction of sp³-hybridized carbons (Fsp3) is 0.188.